The summed E-state index contributed by atoms with van der Waals surface area (Å²) in [6.45, 7) is 6.73. The van der Waals surface area contributed by atoms with Gasteiger partial charge in [-0.05, 0) is 27.2 Å². The van der Waals surface area contributed by atoms with Gasteiger partial charge in [0.15, 0.2) is 5.65 Å². The highest BCUT2D eigenvalue weighted by atomic mass is 16.4. The fourth-order valence-electron chi connectivity index (χ4n) is 1.92. The largest absolute Gasteiger partial charge is 0.481 e. The van der Waals surface area contributed by atoms with Gasteiger partial charge in [0.2, 0.25) is 0 Å². The molecule has 0 aromatic carbocycles. The van der Waals surface area contributed by atoms with E-state index in [1.54, 1.807) is 6.20 Å². The van der Waals surface area contributed by atoms with E-state index in [1.165, 1.54) is 6.33 Å². The van der Waals surface area contributed by atoms with Crippen molar-refractivity contribution in [2.75, 3.05) is 11.9 Å². The van der Waals surface area contributed by atoms with Crippen molar-refractivity contribution in [3.63, 3.8) is 0 Å². The molecule has 0 radical (unpaired) electrons. The highest BCUT2D eigenvalue weighted by molar-refractivity contribution is 5.86. The van der Waals surface area contributed by atoms with E-state index in [2.05, 4.69) is 41.2 Å². The molecule has 7 nitrogen and oxygen atoms in total. The Labute approximate surface area is 117 Å². The third-order valence-corrected chi connectivity index (χ3v) is 2.86. The number of aliphatic carboxylic acids is 1. The van der Waals surface area contributed by atoms with E-state index in [0.29, 0.717) is 18.8 Å². The van der Waals surface area contributed by atoms with Gasteiger partial charge in [0, 0.05) is 13.0 Å². The molecule has 2 aromatic rings. The Bertz CT molecular complexity index is 615. The van der Waals surface area contributed by atoms with Gasteiger partial charge in [0.25, 0.3) is 0 Å². The van der Waals surface area contributed by atoms with Crippen molar-refractivity contribution in [3.05, 3.63) is 12.5 Å². The smallest absolute Gasteiger partial charge is 0.303 e. The van der Waals surface area contributed by atoms with Crippen LogP contribution in [0.1, 0.15) is 33.6 Å². The Morgan fingerprint density at radius 1 is 1.40 bits per heavy atom. The second-order valence-electron chi connectivity index (χ2n) is 5.61. The molecule has 0 spiro atoms. The average Bonchev–Trinajstić information content (AvgIpc) is 2.78. The minimum Gasteiger partial charge on any atom is -0.481 e. The van der Waals surface area contributed by atoms with E-state index in [9.17, 15) is 4.79 Å². The van der Waals surface area contributed by atoms with Crippen LogP contribution in [0.3, 0.4) is 0 Å². The zero-order valence-corrected chi connectivity index (χ0v) is 11.9. The predicted octanol–water partition coefficient (Wildman–Crippen LogP) is 1.86. The summed E-state index contributed by atoms with van der Waals surface area (Å²) in [4.78, 5) is 18.9. The lowest BCUT2D eigenvalue weighted by Crippen LogP contribution is -2.23. The summed E-state index contributed by atoms with van der Waals surface area (Å²) in [6.07, 6.45) is 3.92. The normalized spacial score (nSPS) is 11.8. The Hall–Kier alpha value is -2.18. The standard InChI is InChI=1S/C13H19N5O2/c1-13(2,3)18-12-9(7-17-18)11(15-8-16-12)14-6-4-5-10(19)20/h7-8H,4-6H2,1-3H3,(H,19,20)(H,14,15,16). The molecule has 0 fully saturated rings. The van der Waals surface area contributed by atoms with Crippen molar-refractivity contribution in [1.29, 1.82) is 0 Å². The van der Waals surface area contributed by atoms with Gasteiger partial charge < -0.3 is 10.4 Å². The SMILES string of the molecule is CC(C)(C)n1ncc2c(NCCCC(=O)O)ncnc21. The molecular formula is C13H19N5O2. The van der Waals surface area contributed by atoms with E-state index in [-0.39, 0.29) is 12.0 Å². The number of rotatable bonds is 5. The first-order valence-corrected chi connectivity index (χ1v) is 6.54. The lowest BCUT2D eigenvalue weighted by atomic mass is 10.1. The Morgan fingerprint density at radius 3 is 2.80 bits per heavy atom. The second kappa shape index (κ2) is 5.44. The van der Waals surface area contributed by atoms with Crippen molar-refractivity contribution in [2.24, 2.45) is 0 Å². The average molecular weight is 277 g/mol. The Morgan fingerprint density at radius 2 is 2.15 bits per heavy atom. The zero-order valence-electron chi connectivity index (χ0n) is 11.9. The van der Waals surface area contributed by atoms with Gasteiger partial charge in [-0.1, -0.05) is 0 Å². The number of nitrogens with one attached hydrogen (secondary N) is 1. The first-order valence-electron chi connectivity index (χ1n) is 6.54. The van der Waals surface area contributed by atoms with Gasteiger partial charge in [-0.3, -0.25) is 4.79 Å². The van der Waals surface area contributed by atoms with Crippen LogP contribution in [0.4, 0.5) is 5.82 Å². The molecule has 0 saturated carbocycles. The van der Waals surface area contributed by atoms with Gasteiger partial charge in [0.05, 0.1) is 17.1 Å². The molecule has 0 aliphatic heterocycles. The lowest BCUT2D eigenvalue weighted by Gasteiger charge is -2.19. The van der Waals surface area contributed by atoms with Crippen LogP contribution in [0.15, 0.2) is 12.5 Å². The molecule has 2 heterocycles. The van der Waals surface area contributed by atoms with E-state index in [1.807, 2.05) is 4.68 Å². The quantitative estimate of drug-likeness (QED) is 0.810. The summed E-state index contributed by atoms with van der Waals surface area (Å²) >= 11 is 0. The van der Waals surface area contributed by atoms with Crippen molar-refractivity contribution < 1.29 is 9.90 Å². The van der Waals surface area contributed by atoms with Gasteiger partial charge >= 0.3 is 5.97 Å². The molecule has 0 bridgehead atoms. The fraction of sp³-hybridized carbons (Fsp3) is 0.538. The Balaban J connectivity index is 2.19. The molecule has 0 amide bonds. The third kappa shape index (κ3) is 3.04. The van der Waals surface area contributed by atoms with Crippen LogP contribution in [0.25, 0.3) is 11.0 Å². The molecule has 0 unspecified atom stereocenters. The molecule has 2 aromatic heterocycles. The van der Waals surface area contributed by atoms with Crippen molar-refractivity contribution >= 4 is 22.8 Å². The maximum Gasteiger partial charge on any atom is 0.303 e. The number of nitrogens with zero attached hydrogens (tertiary/aromatic N) is 4. The summed E-state index contributed by atoms with van der Waals surface area (Å²) in [5.41, 5.74) is 0.615. The topological polar surface area (TPSA) is 92.9 Å². The first kappa shape index (κ1) is 14.2. The number of anilines is 1. The van der Waals surface area contributed by atoms with Gasteiger partial charge in [-0.15, -0.1) is 0 Å². The van der Waals surface area contributed by atoms with Crippen molar-refractivity contribution in [2.45, 2.75) is 39.2 Å². The highest BCUT2D eigenvalue weighted by Gasteiger charge is 2.19. The number of fused-ring (bicyclic) bond motifs is 1. The van der Waals surface area contributed by atoms with Crippen LogP contribution in [-0.2, 0) is 10.3 Å². The van der Waals surface area contributed by atoms with Crippen molar-refractivity contribution in [1.82, 2.24) is 19.7 Å². The molecule has 108 valence electrons. The highest BCUT2D eigenvalue weighted by Crippen LogP contribution is 2.23. The third-order valence-electron chi connectivity index (χ3n) is 2.86. The minimum absolute atomic E-state index is 0.141. The molecule has 0 atom stereocenters. The first-order chi connectivity index (χ1) is 9.39. The minimum atomic E-state index is -0.791. The van der Waals surface area contributed by atoms with Crippen LogP contribution in [-0.4, -0.2) is 37.4 Å². The van der Waals surface area contributed by atoms with E-state index in [4.69, 9.17) is 5.11 Å². The molecule has 0 saturated heterocycles. The van der Waals surface area contributed by atoms with E-state index in [0.717, 1.165) is 11.0 Å². The summed E-state index contributed by atoms with van der Waals surface area (Å²) in [7, 11) is 0. The fourth-order valence-corrected chi connectivity index (χ4v) is 1.92. The molecule has 0 aliphatic rings. The van der Waals surface area contributed by atoms with E-state index >= 15 is 0 Å². The van der Waals surface area contributed by atoms with Gasteiger partial charge in [0.1, 0.15) is 12.1 Å². The zero-order chi connectivity index (χ0) is 14.8. The summed E-state index contributed by atoms with van der Waals surface area (Å²) < 4.78 is 1.85. The van der Waals surface area contributed by atoms with Gasteiger partial charge in [-0.2, -0.15) is 5.10 Å². The monoisotopic (exact) mass is 277 g/mol. The van der Waals surface area contributed by atoms with Crippen LogP contribution >= 0.6 is 0 Å². The number of carboxylic acid groups (broad SMARTS) is 1. The van der Waals surface area contributed by atoms with Gasteiger partial charge in [-0.25, -0.2) is 14.6 Å². The maximum absolute atomic E-state index is 10.5. The number of aromatic nitrogens is 4. The van der Waals surface area contributed by atoms with Crippen LogP contribution < -0.4 is 5.32 Å². The number of carboxylic acids is 1. The summed E-state index contributed by atoms with van der Waals surface area (Å²) in [5, 5.41) is 17.0. The second-order valence-corrected chi connectivity index (χ2v) is 5.61. The molecule has 7 heteroatoms. The molecule has 20 heavy (non-hydrogen) atoms. The van der Waals surface area contributed by atoms with Crippen molar-refractivity contribution in [3.8, 4) is 0 Å². The number of carbonyl (C=O) groups is 1. The maximum atomic E-state index is 10.5. The summed E-state index contributed by atoms with van der Waals surface area (Å²) in [6, 6.07) is 0. The molecule has 2 rings (SSSR count). The molecular weight excluding hydrogens is 258 g/mol. The van der Waals surface area contributed by atoms with Crippen LogP contribution in [0, 0.1) is 0 Å². The van der Waals surface area contributed by atoms with E-state index < -0.39 is 5.97 Å². The van der Waals surface area contributed by atoms with Crippen LogP contribution in [0.2, 0.25) is 0 Å². The lowest BCUT2D eigenvalue weighted by molar-refractivity contribution is -0.137. The van der Waals surface area contributed by atoms with Crippen LogP contribution in [0.5, 0.6) is 0 Å². The molecule has 2 N–H and O–H groups in total. The number of hydrogen-bond donors (Lipinski definition) is 2. The summed E-state index contributed by atoms with van der Waals surface area (Å²) in [5.74, 6) is -0.101. The number of hydrogen-bond acceptors (Lipinski definition) is 5. The Kier molecular flexibility index (Phi) is 3.87. The predicted molar refractivity (Wildman–Crippen MR) is 75.7 cm³/mol. The molecule has 0 aliphatic carbocycles.